The summed E-state index contributed by atoms with van der Waals surface area (Å²) in [5.74, 6) is -1.22. The predicted octanol–water partition coefficient (Wildman–Crippen LogP) is 5.68. The van der Waals surface area contributed by atoms with Crippen LogP contribution in [0.15, 0.2) is 78.9 Å². The standard InChI is InChI=1S/C30H33ClF3N3O4S/c1-3-4-17-35-29(39)27(18-22-11-7-5-8-12-22)36(20-23-13-9-6-10-14-23)28(38)21-37(42(2,40)41)26-19-24(30(32,33)34)15-16-25(26)31/h5-16,19,27H,3-4,17-18,20-21H2,1-2H3,(H,35,39). The minimum Gasteiger partial charge on any atom is -0.354 e. The third-order valence-corrected chi connectivity index (χ3v) is 7.96. The number of benzene rings is 3. The van der Waals surface area contributed by atoms with E-state index in [0.717, 1.165) is 30.4 Å². The number of nitrogens with one attached hydrogen (secondary N) is 1. The predicted molar refractivity (Wildman–Crippen MR) is 157 cm³/mol. The lowest BCUT2D eigenvalue weighted by Crippen LogP contribution is -2.53. The van der Waals surface area contributed by atoms with Crippen molar-refractivity contribution in [1.29, 1.82) is 0 Å². The zero-order valence-corrected chi connectivity index (χ0v) is 24.8. The number of anilines is 1. The fourth-order valence-electron chi connectivity index (χ4n) is 4.32. The van der Waals surface area contributed by atoms with Crippen LogP contribution in [0.1, 0.15) is 36.5 Å². The Morgan fingerprint density at radius 3 is 2.10 bits per heavy atom. The summed E-state index contributed by atoms with van der Waals surface area (Å²) < 4.78 is 66.7. The van der Waals surface area contributed by atoms with Crippen molar-refractivity contribution in [3.05, 3.63) is 101 Å². The van der Waals surface area contributed by atoms with Crippen molar-refractivity contribution in [3.8, 4) is 0 Å². The molecular formula is C30H33ClF3N3O4S. The minimum atomic E-state index is -4.77. The first kappa shape index (κ1) is 32.9. The van der Waals surface area contributed by atoms with Crippen molar-refractivity contribution in [3.63, 3.8) is 0 Å². The lowest BCUT2D eigenvalue weighted by molar-refractivity contribution is -0.140. The van der Waals surface area contributed by atoms with Gasteiger partial charge in [-0.25, -0.2) is 8.42 Å². The average molecular weight is 624 g/mol. The van der Waals surface area contributed by atoms with Gasteiger partial charge in [-0.3, -0.25) is 13.9 Å². The number of sulfonamides is 1. The summed E-state index contributed by atoms with van der Waals surface area (Å²) in [4.78, 5) is 28.8. The molecular weight excluding hydrogens is 591 g/mol. The highest BCUT2D eigenvalue weighted by molar-refractivity contribution is 7.92. The molecule has 0 saturated carbocycles. The quantitative estimate of drug-likeness (QED) is 0.248. The molecule has 0 heterocycles. The van der Waals surface area contributed by atoms with E-state index in [1.807, 2.05) is 25.1 Å². The van der Waals surface area contributed by atoms with Crippen LogP contribution in [0.2, 0.25) is 5.02 Å². The van der Waals surface area contributed by atoms with Gasteiger partial charge in [0.05, 0.1) is 22.5 Å². The molecule has 226 valence electrons. The molecule has 3 aromatic carbocycles. The van der Waals surface area contributed by atoms with E-state index < -0.39 is 51.9 Å². The van der Waals surface area contributed by atoms with Gasteiger partial charge in [-0.15, -0.1) is 0 Å². The number of rotatable bonds is 13. The van der Waals surface area contributed by atoms with E-state index in [-0.39, 0.29) is 18.0 Å². The van der Waals surface area contributed by atoms with E-state index in [2.05, 4.69) is 5.32 Å². The van der Waals surface area contributed by atoms with Crippen molar-refractivity contribution in [2.45, 2.75) is 44.9 Å². The van der Waals surface area contributed by atoms with Gasteiger partial charge in [-0.2, -0.15) is 13.2 Å². The Kier molecular flexibility index (Phi) is 11.4. The highest BCUT2D eigenvalue weighted by Crippen LogP contribution is 2.36. The zero-order chi connectivity index (χ0) is 30.9. The largest absolute Gasteiger partial charge is 0.416 e. The lowest BCUT2D eigenvalue weighted by Gasteiger charge is -2.33. The van der Waals surface area contributed by atoms with Crippen molar-refractivity contribution in [2.75, 3.05) is 23.7 Å². The van der Waals surface area contributed by atoms with Gasteiger partial charge in [0.1, 0.15) is 12.6 Å². The smallest absolute Gasteiger partial charge is 0.354 e. The van der Waals surface area contributed by atoms with Crippen LogP contribution in [-0.2, 0) is 38.8 Å². The van der Waals surface area contributed by atoms with Crippen molar-refractivity contribution in [2.24, 2.45) is 0 Å². The number of hydrogen-bond donors (Lipinski definition) is 1. The van der Waals surface area contributed by atoms with Crippen LogP contribution in [0.4, 0.5) is 18.9 Å². The number of amides is 2. The molecule has 7 nitrogen and oxygen atoms in total. The van der Waals surface area contributed by atoms with Crippen LogP contribution in [0, 0.1) is 0 Å². The molecule has 3 rings (SSSR count). The molecule has 0 radical (unpaired) electrons. The fraction of sp³-hybridized carbons (Fsp3) is 0.333. The second kappa shape index (κ2) is 14.6. The minimum absolute atomic E-state index is 0.0493. The molecule has 0 aliphatic carbocycles. The van der Waals surface area contributed by atoms with Crippen molar-refractivity contribution in [1.82, 2.24) is 10.2 Å². The molecule has 0 aliphatic rings. The van der Waals surface area contributed by atoms with Crippen molar-refractivity contribution >= 4 is 39.1 Å². The summed E-state index contributed by atoms with van der Waals surface area (Å²) in [5, 5.41) is 2.58. The van der Waals surface area contributed by atoms with E-state index in [4.69, 9.17) is 11.6 Å². The number of nitrogens with zero attached hydrogens (tertiary/aromatic N) is 2. The Balaban J connectivity index is 2.07. The molecule has 1 unspecified atom stereocenters. The molecule has 0 aliphatic heterocycles. The molecule has 12 heteroatoms. The molecule has 0 bridgehead atoms. The first-order valence-corrected chi connectivity index (χ1v) is 15.5. The van der Waals surface area contributed by atoms with Gasteiger partial charge in [0.2, 0.25) is 21.8 Å². The second-order valence-electron chi connectivity index (χ2n) is 9.79. The Morgan fingerprint density at radius 1 is 0.952 bits per heavy atom. The highest BCUT2D eigenvalue weighted by Gasteiger charge is 2.35. The Labute approximate surface area is 249 Å². The lowest BCUT2D eigenvalue weighted by atomic mass is 10.0. The van der Waals surface area contributed by atoms with Crippen molar-refractivity contribution < 1.29 is 31.2 Å². The molecule has 0 fully saturated rings. The van der Waals surface area contributed by atoms with Gasteiger partial charge < -0.3 is 10.2 Å². The summed E-state index contributed by atoms with van der Waals surface area (Å²) in [5.41, 5.74) is -0.177. The number of halogens is 4. The summed E-state index contributed by atoms with van der Waals surface area (Å²) >= 11 is 6.17. The Hall–Kier alpha value is -3.57. The van der Waals surface area contributed by atoms with Crippen LogP contribution in [-0.4, -0.2) is 50.5 Å². The van der Waals surface area contributed by atoms with Gasteiger partial charge in [0.15, 0.2) is 0 Å². The maximum atomic E-state index is 14.0. The van der Waals surface area contributed by atoms with Crippen LogP contribution in [0.25, 0.3) is 0 Å². The average Bonchev–Trinajstić information content (AvgIpc) is 2.94. The maximum Gasteiger partial charge on any atom is 0.416 e. The molecule has 1 atom stereocenters. The van der Waals surface area contributed by atoms with Gasteiger partial charge in [0, 0.05) is 19.5 Å². The van der Waals surface area contributed by atoms with Crippen LogP contribution >= 0.6 is 11.6 Å². The van der Waals surface area contributed by atoms with Gasteiger partial charge in [-0.05, 0) is 35.7 Å². The summed E-state index contributed by atoms with van der Waals surface area (Å²) in [6.45, 7) is 1.42. The van der Waals surface area contributed by atoms with Crippen LogP contribution < -0.4 is 9.62 Å². The van der Waals surface area contributed by atoms with E-state index in [1.165, 1.54) is 4.90 Å². The summed E-state index contributed by atoms with van der Waals surface area (Å²) in [6.07, 6.45) is -2.33. The fourth-order valence-corrected chi connectivity index (χ4v) is 5.44. The SMILES string of the molecule is CCCCNC(=O)C(Cc1ccccc1)N(Cc1ccccc1)C(=O)CN(c1cc(C(F)(F)F)ccc1Cl)S(C)(=O)=O. The molecule has 0 aromatic heterocycles. The topological polar surface area (TPSA) is 86.8 Å². The molecule has 42 heavy (non-hydrogen) atoms. The Morgan fingerprint density at radius 2 is 1.55 bits per heavy atom. The number of carbonyl (C=O) groups is 2. The van der Waals surface area contributed by atoms with Gasteiger partial charge >= 0.3 is 6.18 Å². The molecule has 1 N–H and O–H groups in total. The first-order valence-electron chi connectivity index (χ1n) is 13.3. The third kappa shape index (κ3) is 9.22. The maximum absolute atomic E-state index is 14.0. The molecule has 0 saturated heterocycles. The van der Waals surface area contributed by atoms with Gasteiger partial charge in [0.25, 0.3) is 0 Å². The monoisotopic (exact) mass is 623 g/mol. The van der Waals surface area contributed by atoms with Crippen LogP contribution in [0.3, 0.4) is 0 Å². The normalized spacial score (nSPS) is 12.4. The van der Waals surface area contributed by atoms with E-state index in [1.54, 1.807) is 42.5 Å². The summed E-state index contributed by atoms with van der Waals surface area (Å²) in [6, 6.07) is 19.1. The zero-order valence-electron chi connectivity index (χ0n) is 23.3. The Bertz CT molecular complexity index is 1460. The molecule has 2 amide bonds. The number of hydrogen-bond acceptors (Lipinski definition) is 4. The third-order valence-electron chi connectivity index (χ3n) is 6.52. The molecule has 3 aromatic rings. The highest BCUT2D eigenvalue weighted by atomic mass is 35.5. The summed E-state index contributed by atoms with van der Waals surface area (Å²) in [7, 11) is -4.29. The number of unbranched alkanes of at least 4 members (excludes halogenated alkanes) is 1. The van der Waals surface area contributed by atoms with Crippen LogP contribution in [0.5, 0.6) is 0 Å². The van der Waals surface area contributed by atoms with E-state index in [0.29, 0.717) is 28.9 Å². The first-order chi connectivity index (χ1) is 19.8. The van der Waals surface area contributed by atoms with E-state index in [9.17, 15) is 31.2 Å². The molecule has 0 spiro atoms. The number of carbonyl (C=O) groups excluding carboxylic acids is 2. The second-order valence-corrected chi connectivity index (χ2v) is 12.1. The van der Waals surface area contributed by atoms with E-state index >= 15 is 0 Å². The number of alkyl halides is 3. The van der Waals surface area contributed by atoms with Gasteiger partial charge in [-0.1, -0.05) is 85.6 Å².